The van der Waals surface area contributed by atoms with E-state index in [2.05, 4.69) is 21.1 Å². The molecule has 0 radical (unpaired) electrons. The highest BCUT2D eigenvalue weighted by Gasteiger charge is 2.28. The molecule has 2 amide bonds. The molecule has 0 aromatic heterocycles. The second kappa shape index (κ2) is 6.84. The number of hydrogen-bond donors (Lipinski definition) is 2. The van der Waals surface area contributed by atoms with E-state index in [0.29, 0.717) is 5.71 Å². The summed E-state index contributed by atoms with van der Waals surface area (Å²) in [5, 5.41) is 7.70. The number of nitrogens with zero attached hydrogens (tertiary/aromatic N) is 3. The van der Waals surface area contributed by atoms with E-state index < -0.39 is 5.92 Å². The normalized spacial score (nSPS) is 17.3. The summed E-state index contributed by atoms with van der Waals surface area (Å²) in [7, 11) is 3.93. The topological polar surface area (TPSA) is 86.2 Å². The number of carbonyl (C=O) groups is 2. The lowest BCUT2D eigenvalue weighted by molar-refractivity contribution is -0.127. The predicted molar refractivity (Wildman–Crippen MR) is 85.9 cm³/mol. The molecule has 0 saturated carbocycles. The summed E-state index contributed by atoms with van der Waals surface area (Å²) < 4.78 is 0. The molecule has 2 rings (SSSR count). The zero-order valence-corrected chi connectivity index (χ0v) is 12.8. The zero-order valence-electron chi connectivity index (χ0n) is 12.8. The Bertz CT molecular complexity index is 619. The standard InChI is InChI=1S/C15H19N5O2/c1-10-13(15(22)19-17-10)8-14(21)18-16-9-11-4-6-12(7-5-11)20(2)3/h4-7,9,13H,8H2,1-3H3,(H,18,21)(H,19,22)/b16-9-/t13-/m1/s1. The Labute approximate surface area is 129 Å². The number of hydrogen-bond acceptors (Lipinski definition) is 5. The van der Waals surface area contributed by atoms with E-state index in [9.17, 15) is 9.59 Å². The molecule has 116 valence electrons. The number of carbonyl (C=O) groups excluding carboxylic acids is 2. The van der Waals surface area contributed by atoms with Gasteiger partial charge in [-0.2, -0.15) is 10.2 Å². The molecule has 0 aliphatic carbocycles. The number of nitrogens with one attached hydrogen (secondary N) is 2. The van der Waals surface area contributed by atoms with Gasteiger partial charge in [0, 0.05) is 31.9 Å². The van der Waals surface area contributed by atoms with Gasteiger partial charge in [0.25, 0.3) is 0 Å². The molecule has 0 saturated heterocycles. The molecule has 0 unspecified atom stereocenters. The molecule has 0 bridgehead atoms. The molecule has 2 N–H and O–H groups in total. The summed E-state index contributed by atoms with van der Waals surface area (Å²) in [6.07, 6.45) is 1.60. The molecule has 1 atom stereocenters. The first kappa shape index (κ1) is 15.7. The summed E-state index contributed by atoms with van der Waals surface area (Å²) >= 11 is 0. The highest BCUT2D eigenvalue weighted by atomic mass is 16.2. The Hall–Kier alpha value is -2.70. The lowest BCUT2D eigenvalue weighted by atomic mass is 10.0. The van der Waals surface area contributed by atoms with E-state index in [1.165, 1.54) is 0 Å². The van der Waals surface area contributed by atoms with Crippen LogP contribution in [-0.4, -0.2) is 37.8 Å². The molecule has 7 nitrogen and oxygen atoms in total. The van der Waals surface area contributed by atoms with Crippen LogP contribution in [-0.2, 0) is 9.59 Å². The van der Waals surface area contributed by atoms with Gasteiger partial charge in [-0.3, -0.25) is 9.59 Å². The smallest absolute Gasteiger partial charge is 0.249 e. The van der Waals surface area contributed by atoms with Crippen molar-refractivity contribution in [3.63, 3.8) is 0 Å². The van der Waals surface area contributed by atoms with E-state index in [1.54, 1.807) is 13.1 Å². The second-order valence-electron chi connectivity index (χ2n) is 5.27. The van der Waals surface area contributed by atoms with Crippen molar-refractivity contribution in [2.45, 2.75) is 13.3 Å². The third-order valence-corrected chi connectivity index (χ3v) is 3.37. The largest absolute Gasteiger partial charge is 0.378 e. The number of anilines is 1. The van der Waals surface area contributed by atoms with Gasteiger partial charge in [0.05, 0.1) is 12.1 Å². The predicted octanol–water partition coefficient (Wildman–Crippen LogP) is 0.715. The van der Waals surface area contributed by atoms with Crippen LogP contribution in [0.25, 0.3) is 0 Å². The van der Waals surface area contributed by atoms with Crippen LogP contribution in [0.3, 0.4) is 0 Å². The van der Waals surface area contributed by atoms with Crippen LogP contribution >= 0.6 is 0 Å². The van der Waals surface area contributed by atoms with Crippen molar-refractivity contribution >= 4 is 29.4 Å². The van der Waals surface area contributed by atoms with Crippen LogP contribution < -0.4 is 15.8 Å². The van der Waals surface area contributed by atoms with E-state index in [1.807, 2.05) is 43.3 Å². The third kappa shape index (κ3) is 3.91. The summed E-state index contributed by atoms with van der Waals surface area (Å²) in [4.78, 5) is 25.2. The third-order valence-electron chi connectivity index (χ3n) is 3.37. The lowest BCUT2D eigenvalue weighted by Gasteiger charge is -2.11. The lowest BCUT2D eigenvalue weighted by Crippen LogP contribution is -2.29. The van der Waals surface area contributed by atoms with Gasteiger partial charge >= 0.3 is 0 Å². The van der Waals surface area contributed by atoms with Crippen molar-refractivity contribution in [3.8, 4) is 0 Å². The molecule has 7 heteroatoms. The van der Waals surface area contributed by atoms with Gasteiger partial charge in [-0.05, 0) is 24.6 Å². The van der Waals surface area contributed by atoms with Crippen LogP contribution in [0.4, 0.5) is 5.69 Å². The van der Waals surface area contributed by atoms with Crippen LogP contribution in [0, 0.1) is 5.92 Å². The minimum atomic E-state index is -0.505. The highest BCUT2D eigenvalue weighted by Crippen LogP contribution is 2.12. The minimum Gasteiger partial charge on any atom is -0.378 e. The van der Waals surface area contributed by atoms with Crippen LogP contribution in [0.1, 0.15) is 18.9 Å². The van der Waals surface area contributed by atoms with Crippen molar-refractivity contribution in [1.29, 1.82) is 0 Å². The molecule has 0 fully saturated rings. The Kier molecular flexibility index (Phi) is 4.88. The first-order chi connectivity index (χ1) is 10.5. The van der Waals surface area contributed by atoms with Crippen molar-refractivity contribution < 1.29 is 9.59 Å². The number of benzene rings is 1. The maximum Gasteiger partial charge on any atom is 0.249 e. The Morgan fingerprint density at radius 2 is 2.09 bits per heavy atom. The molecular formula is C15H19N5O2. The van der Waals surface area contributed by atoms with Crippen LogP contribution in [0.5, 0.6) is 0 Å². The maximum absolute atomic E-state index is 11.8. The monoisotopic (exact) mass is 301 g/mol. The average Bonchev–Trinajstić information content (AvgIpc) is 2.79. The van der Waals surface area contributed by atoms with Crippen molar-refractivity contribution in [2.75, 3.05) is 19.0 Å². The van der Waals surface area contributed by atoms with Gasteiger partial charge in [0.15, 0.2) is 0 Å². The maximum atomic E-state index is 11.8. The van der Waals surface area contributed by atoms with Gasteiger partial charge in [-0.25, -0.2) is 10.9 Å². The van der Waals surface area contributed by atoms with Gasteiger partial charge < -0.3 is 4.90 Å². The van der Waals surface area contributed by atoms with Gasteiger partial charge in [0.2, 0.25) is 11.8 Å². The van der Waals surface area contributed by atoms with E-state index in [4.69, 9.17) is 0 Å². The SMILES string of the molecule is CC1=NNC(=O)[C@@H]1CC(=O)N/N=C\c1ccc(N(C)C)cc1. The van der Waals surface area contributed by atoms with Crippen LogP contribution in [0.15, 0.2) is 34.5 Å². The van der Waals surface area contributed by atoms with E-state index in [-0.39, 0.29) is 18.2 Å². The Balaban J connectivity index is 1.85. The minimum absolute atomic E-state index is 0.0398. The molecule has 1 aromatic carbocycles. The first-order valence-corrected chi connectivity index (χ1v) is 6.90. The average molecular weight is 301 g/mol. The van der Waals surface area contributed by atoms with Crippen molar-refractivity contribution in [2.24, 2.45) is 16.1 Å². The van der Waals surface area contributed by atoms with Crippen molar-refractivity contribution in [1.82, 2.24) is 10.9 Å². The second-order valence-corrected chi connectivity index (χ2v) is 5.27. The fraction of sp³-hybridized carbons (Fsp3) is 0.333. The number of rotatable bonds is 5. The Morgan fingerprint density at radius 3 is 2.64 bits per heavy atom. The van der Waals surface area contributed by atoms with Gasteiger partial charge in [-0.1, -0.05) is 12.1 Å². The fourth-order valence-electron chi connectivity index (χ4n) is 2.00. The first-order valence-electron chi connectivity index (χ1n) is 6.90. The Morgan fingerprint density at radius 1 is 1.41 bits per heavy atom. The van der Waals surface area contributed by atoms with Gasteiger partial charge in [-0.15, -0.1) is 0 Å². The molecule has 1 aromatic rings. The fourth-order valence-corrected chi connectivity index (χ4v) is 2.00. The molecule has 1 aliphatic rings. The highest BCUT2D eigenvalue weighted by molar-refractivity contribution is 6.09. The molecule has 1 heterocycles. The summed E-state index contributed by atoms with van der Waals surface area (Å²) in [5.74, 6) is -1.08. The van der Waals surface area contributed by atoms with E-state index >= 15 is 0 Å². The molecule has 0 spiro atoms. The van der Waals surface area contributed by atoms with E-state index in [0.717, 1.165) is 11.3 Å². The molecular weight excluding hydrogens is 282 g/mol. The molecule has 1 aliphatic heterocycles. The van der Waals surface area contributed by atoms with Gasteiger partial charge in [0.1, 0.15) is 0 Å². The van der Waals surface area contributed by atoms with Crippen LogP contribution in [0.2, 0.25) is 0 Å². The zero-order chi connectivity index (χ0) is 16.1. The quantitative estimate of drug-likeness (QED) is 0.620. The summed E-state index contributed by atoms with van der Waals surface area (Å²) in [6.45, 7) is 1.71. The number of amides is 2. The summed E-state index contributed by atoms with van der Waals surface area (Å²) in [6, 6.07) is 7.75. The van der Waals surface area contributed by atoms with Crippen molar-refractivity contribution in [3.05, 3.63) is 29.8 Å². The summed E-state index contributed by atoms with van der Waals surface area (Å²) in [5.41, 5.74) is 7.35. The molecule has 22 heavy (non-hydrogen) atoms. The number of hydrazone groups is 2.